The molecule has 0 unspecified atom stereocenters. The Morgan fingerprint density at radius 1 is 1.10 bits per heavy atom. The molecule has 1 fully saturated rings. The molecule has 2 aromatic carbocycles. The lowest BCUT2D eigenvalue weighted by molar-refractivity contribution is -0.123. The molecule has 1 heterocycles. The van der Waals surface area contributed by atoms with Crippen molar-refractivity contribution in [3.63, 3.8) is 0 Å². The van der Waals surface area contributed by atoms with Gasteiger partial charge in [0.2, 0.25) is 5.91 Å². The lowest BCUT2D eigenvalue weighted by Crippen LogP contribution is -2.36. The third kappa shape index (κ3) is 4.00. The Bertz CT molecular complexity index is 1040. The van der Waals surface area contributed by atoms with E-state index in [9.17, 15) is 4.79 Å². The molecule has 30 heavy (non-hydrogen) atoms. The van der Waals surface area contributed by atoms with E-state index in [4.69, 9.17) is 25.6 Å². The van der Waals surface area contributed by atoms with Gasteiger partial charge in [0.15, 0.2) is 17.3 Å². The summed E-state index contributed by atoms with van der Waals surface area (Å²) in [7, 11) is 3.21. The summed E-state index contributed by atoms with van der Waals surface area (Å²) in [5, 5.41) is 7.88. The second-order valence-electron chi connectivity index (χ2n) is 7.36. The summed E-state index contributed by atoms with van der Waals surface area (Å²) in [5.74, 6) is 1.98. The fourth-order valence-electron chi connectivity index (χ4n) is 3.50. The molecule has 1 aliphatic rings. The van der Waals surface area contributed by atoms with Crippen molar-refractivity contribution in [2.24, 2.45) is 0 Å². The van der Waals surface area contributed by atoms with E-state index in [-0.39, 0.29) is 5.91 Å². The molecule has 6 nitrogen and oxygen atoms in total. The highest BCUT2D eigenvalue weighted by atomic mass is 35.5. The molecule has 1 saturated carbocycles. The van der Waals surface area contributed by atoms with Crippen molar-refractivity contribution < 1.29 is 18.8 Å². The van der Waals surface area contributed by atoms with Crippen LogP contribution in [0.25, 0.3) is 11.3 Å². The monoisotopic (exact) mass is 426 g/mol. The van der Waals surface area contributed by atoms with E-state index in [0.717, 1.165) is 24.0 Å². The number of carbonyl (C=O) groups is 1. The number of halogens is 1. The van der Waals surface area contributed by atoms with Gasteiger partial charge in [-0.25, -0.2) is 0 Å². The average Bonchev–Trinajstić information content (AvgIpc) is 3.44. The molecule has 4 rings (SSSR count). The van der Waals surface area contributed by atoms with Gasteiger partial charge in [0.1, 0.15) is 0 Å². The first-order valence-corrected chi connectivity index (χ1v) is 10.2. The number of carbonyl (C=O) groups excluding carboxylic acids is 1. The number of rotatable bonds is 8. The molecule has 0 spiro atoms. The van der Waals surface area contributed by atoms with E-state index >= 15 is 0 Å². The Morgan fingerprint density at radius 2 is 1.83 bits per heavy atom. The standard InChI is InChI=1S/C23H23ClN2O4/c1-28-18-8-3-15(13-20(18)29-2)9-12-25-22(27)23(10-11-23)21-14-19(30-26-21)16-4-6-17(24)7-5-16/h3-8,13-14H,9-12H2,1-2H3,(H,25,27). The lowest BCUT2D eigenvalue weighted by atomic mass is 10.00. The van der Waals surface area contributed by atoms with Crippen LogP contribution in [0.3, 0.4) is 0 Å². The largest absolute Gasteiger partial charge is 0.493 e. The first kappa shape index (κ1) is 20.3. The normalized spacial score (nSPS) is 14.2. The molecule has 1 aromatic heterocycles. The molecule has 7 heteroatoms. The van der Waals surface area contributed by atoms with Gasteiger partial charge < -0.3 is 19.3 Å². The summed E-state index contributed by atoms with van der Waals surface area (Å²) in [6, 6.07) is 14.9. The van der Waals surface area contributed by atoms with Crippen LogP contribution >= 0.6 is 11.6 Å². The molecule has 0 atom stereocenters. The van der Waals surface area contributed by atoms with Crippen LogP contribution in [0.4, 0.5) is 0 Å². The van der Waals surface area contributed by atoms with E-state index in [1.54, 1.807) is 26.4 Å². The van der Waals surface area contributed by atoms with Crippen LogP contribution in [0.2, 0.25) is 5.02 Å². The predicted molar refractivity (Wildman–Crippen MR) is 114 cm³/mol. The summed E-state index contributed by atoms with van der Waals surface area (Å²) in [5.41, 5.74) is 2.02. The fourth-order valence-corrected chi connectivity index (χ4v) is 3.63. The third-order valence-corrected chi connectivity index (χ3v) is 5.71. The van der Waals surface area contributed by atoms with Crippen molar-refractivity contribution >= 4 is 17.5 Å². The summed E-state index contributed by atoms with van der Waals surface area (Å²) < 4.78 is 16.1. The Labute approximate surface area is 180 Å². The molecule has 0 radical (unpaired) electrons. The van der Waals surface area contributed by atoms with E-state index < -0.39 is 5.41 Å². The van der Waals surface area contributed by atoms with Crippen molar-refractivity contribution in [2.45, 2.75) is 24.7 Å². The quantitative estimate of drug-likeness (QED) is 0.577. The van der Waals surface area contributed by atoms with Crippen LogP contribution < -0.4 is 14.8 Å². The van der Waals surface area contributed by atoms with E-state index in [2.05, 4.69) is 10.5 Å². The molecule has 156 valence electrons. The minimum absolute atomic E-state index is 0.0149. The Balaban J connectivity index is 1.39. The van der Waals surface area contributed by atoms with Gasteiger partial charge in [-0.1, -0.05) is 22.8 Å². The predicted octanol–water partition coefficient (Wildman–Crippen LogP) is 4.40. The first-order valence-electron chi connectivity index (χ1n) is 9.78. The summed E-state index contributed by atoms with van der Waals surface area (Å²) in [4.78, 5) is 12.9. The number of aromatic nitrogens is 1. The zero-order chi connectivity index (χ0) is 21.1. The molecule has 1 aliphatic carbocycles. The number of ether oxygens (including phenoxy) is 2. The van der Waals surface area contributed by atoms with E-state index in [0.29, 0.717) is 40.9 Å². The number of amides is 1. The number of hydrogen-bond donors (Lipinski definition) is 1. The maximum atomic E-state index is 12.9. The molecular weight excluding hydrogens is 404 g/mol. The number of nitrogens with zero attached hydrogens (tertiary/aromatic N) is 1. The van der Waals surface area contributed by atoms with Crippen LogP contribution in [-0.2, 0) is 16.6 Å². The van der Waals surface area contributed by atoms with Gasteiger partial charge >= 0.3 is 0 Å². The van der Waals surface area contributed by atoms with Crippen LogP contribution in [0.15, 0.2) is 53.1 Å². The minimum Gasteiger partial charge on any atom is -0.493 e. The number of nitrogens with one attached hydrogen (secondary N) is 1. The summed E-state index contributed by atoms with van der Waals surface area (Å²) in [6.45, 7) is 0.526. The van der Waals surface area contributed by atoms with Crippen LogP contribution in [0, 0.1) is 0 Å². The second-order valence-corrected chi connectivity index (χ2v) is 7.80. The van der Waals surface area contributed by atoms with Crippen molar-refractivity contribution in [3.05, 3.63) is 64.8 Å². The van der Waals surface area contributed by atoms with Gasteiger partial charge in [0, 0.05) is 23.2 Å². The molecule has 1 N–H and O–H groups in total. The number of methoxy groups -OCH3 is 2. The SMILES string of the molecule is COc1ccc(CCNC(=O)C2(c3cc(-c4ccc(Cl)cc4)on3)CC2)cc1OC. The van der Waals surface area contributed by atoms with Gasteiger partial charge in [0.05, 0.1) is 25.3 Å². The van der Waals surface area contributed by atoms with Crippen molar-refractivity contribution in [3.8, 4) is 22.8 Å². The van der Waals surface area contributed by atoms with Crippen LogP contribution in [-0.4, -0.2) is 31.8 Å². The van der Waals surface area contributed by atoms with E-state index in [1.807, 2.05) is 36.4 Å². The van der Waals surface area contributed by atoms with Gasteiger partial charge in [0.25, 0.3) is 0 Å². The highest BCUT2D eigenvalue weighted by Gasteiger charge is 2.53. The zero-order valence-electron chi connectivity index (χ0n) is 16.9. The molecule has 1 amide bonds. The maximum absolute atomic E-state index is 12.9. The molecule has 3 aromatic rings. The van der Waals surface area contributed by atoms with Crippen molar-refractivity contribution in [1.29, 1.82) is 0 Å². The second kappa shape index (κ2) is 8.40. The van der Waals surface area contributed by atoms with Gasteiger partial charge in [-0.3, -0.25) is 4.79 Å². The molecule has 0 bridgehead atoms. The Kier molecular flexibility index (Phi) is 5.68. The van der Waals surface area contributed by atoms with Gasteiger partial charge in [-0.05, 0) is 61.2 Å². The van der Waals surface area contributed by atoms with Crippen molar-refractivity contribution in [2.75, 3.05) is 20.8 Å². The zero-order valence-corrected chi connectivity index (χ0v) is 17.7. The van der Waals surface area contributed by atoms with Crippen LogP contribution in [0.5, 0.6) is 11.5 Å². The Morgan fingerprint density at radius 3 is 2.50 bits per heavy atom. The third-order valence-electron chi connectivity index (χ3n) is 5.46. The van der Waals surface area contributed by atoms with E-state index in [1.165, 1.54) is 0 Å². The van der Waals surface area contributed by atoms with Crippen LogP contribution in [0.1, 0.15) is 24.1 Å². The molecule has 0 saturated heterocycles. The van der Waals surface area contributed by atoms with Gasteiger partial charge in [-0.15, -0.1) is 0 Å². The fraction of sp³-hybridized carbons (Fsp3) is 0.304. The topological polar surface area (TPSA) is 73.6 Å². The smallest absolute Gasteiger partial charge is 0.232 e. The first-order chi connectivity index (χ1) is 14.6. The Hall–Kier alpha value is -2.99. The maximum Gasteiger partial charge on any atom is 0.232 e. The highest BCUT2D eigenvalue weighted by molar-refractivity contribution is 6.30. The number of hydrogen-bond acceptors (Lipinski definition) is 5. The minimum atomic E-state index is -0.591. The average molecular weight is 427 g/mol. The summed E-state index contributed by atoms with van der Waals surface area (Å²) >= 11 is 5.94. The highest BCUT2D eigenvalue weighted by Crippen LogP contribution is 2.48. The number of benzene rings is 2. The lowest BCUT2D eigenvalue weighted by Gasteiger charge is -2.13. The van der Waals surface area contributed by atoms with Gasteiger partial charge in [-0.2, -0.15) is 0 Å². The molecule has 0 aliphatic heterocycles. The summed E-state index contributed by atoms with van der Waals surface area (Å²) in [6.07, 6.45) is 2.22. The molecular formula is C23H23ClN2O4. The van der Waals surface area contributed by atoms with Crippen molar-refractivity contribution in [1.82, 2.24) is 10.5 Å².